The van der Waals surface area contributed by atoms with Crippen molar-refractivity contribution in [1.82, 2.24) is 10.2 Å². The molecular formula is C22H24N2O. The lowest BCUT2D eigenvalue weighted by atomic mass is 9.93. The summed E-state index contributed by atoms with van der Waals surface area (Å²) in [6.07, 6.45) is 3.76. The minimum absolute atomic E-state index is 0.0691. The molecule has 0 radical (unpaired) electrons. The Hall–Kier alpha value is -2.39. The van der Waals surface area contributed by atoms with Gasteiger partial charge in [-0.2, -0.15) is 0 Å². The van der Waals surface area contributed by atoms with Crippen LogP contribution in [0.3, 0.4) is 0 Å². The largest absolute Gasteiger partial charge is 0.351 e. The summed E-state index contributed by atoms with van der Waals surface area (Å²) < 4.78 is 0. The highest BCUT2D eigenvalue weighted by atomic mass is 16.1. The summed E-state index contributed by atoms with van der Waals surface area (Å²) in [5.41, 5.74) is 7.42. The molecule has 0 aromatic heterocycles. The van der Waals surface area contributed by atoms with E-state index in [1.165, 1.54) is 27.8 Å². The first-order valence-corrected chi connectivity index (χ1v) is 8.95. The smallest absolute Gasteiger partial charge is 0.247 e. The van der Waals surface area contributed by atoms with E-state index in [-0.39, 0.29) is 5.91 Å². The third-order valence-corrected chi connectivity index (χ3v) is 5.42. The Morgan fingerprint density at radius 3 is 2.84 bits per heavy atom. The molecule has 3 heteroatoms. The van der Waals surface area contributed by atoms with E-state index in [2.05, 4.69) is 54.5 Å². The van der Waals surface area contributed by atoms with E-state index in [4.69, 9.17) is 0 Å². The Balaban J connectivity index is 1.40. The van der Waals surface area contributed by atoms with Crippen molar-refractivity contribution >= 4 is 12.0 Å². The molecule has 1 heterocycles. The maximum atomic E-state index is 12.6. The average molecular weight is 332 g/mol. The standard InChI is InChI=1S/C22H24N2O/c1-15-7-8-18-14-24(2)21(12-19(18)9-15)13-23-22(25)20-10-16-5-3-4-6-17(16)11-20/h3-10,21H,11-14H2,1-2H3,(H,23,25)/t21-/m0/s1. The van der Waals surface area contributed by atoms with Gasteiger partial charge in [0.2, 0.25) is 5.91 Å². The van der Waals surface area contributed by atoms with E-state index in [1.54, 1.807) is 0 Å². The molecule has 0 fully saturated rings. The molecule has 3 nitrogen and oxygen atoms in total. The minimum Gasteiger partial charge on any atom is -0.351 e. The summed E-state index contributed by atoms with van der Waals surface area (Å²) in [5, 5.41) is 3.16. The molecule has 1 aliphatic heterocycles. The van der Waals surface area contributed by atoms with Crippen LogP contribution in [0.1, 0.15) is 27.8 Å². The molecule has 0 spiro atoms. The zero-order valence-corrected chi connectivity index (χ0v) is 14.9. The average Bonchev–Trinajstić information content (AvgIpc) is 3.04. The molecule has 0 bridgehead atoms. The van der Waals surface area contributed by atoms with Gasteiger partial charge in [0.25, 0.3) is 0 Å². The Labute approximate surface area is 149 Å². The predicted molar refractivity (Wildman–Crippen MR) is 101 cm³/mol. The second-order valence-electron chi connectivity index (χ2n) is 7.30. The van der Waals surface area contributed by atoms with Gasteiger partial charge in [-0.3, -0.25) is 9.69 Å². The van der Waals surface area contributed by atoms with Crippen molar-refractivity contribution in [2.45, 2.75) is 32.4 Å². The molecule has 1 aliphatic carbocycles. The van der Waals surface area contributed by atoms with Gasteiger partial charge in [-0.05, 0) is 48.7 Å². The third-order valence-electron chi connectivity index (χ3n) is 5.42. The summed E-state index contributed by atoms with van der Waals surface area (Å²) in [5.74, 6) is 0.0691. The van der Waals surface area contributed by atoms with Crippen molar-refractivity contribution in [1.29, 1.82) is 0 Å². The van der Waals surface area contributed by atoms with Crippen molar-refractivity contribution in [2.24, 2.45) is 0 Å². The van der Waals surface area contributed by atoms with Crippen LogP contribution in [-0.2, 0) is 24.2 Å². The Morgan fingerprint density at radius 1 is 1.16 bits per heavy atom. The number of amides is 1. The molecule has 2 aromatic rings. The molecule has 1 atom stereocenters. The van der Waals surface area contributed by atoms with Gasteiger partial charge < -0.3 is 5.32 Å². The van der Waals surface area contributed by atoms with Crippen molar-refractivity contribution < 1.29 is 4.79 Å². The second kappa shape index (κ2) is 6.49. The van der Waals surface area contributed by atoms with Gasteiger partial charge in [-0.25, -0.2) is 0 Å². The van der Waals surface area contributed by atoms with Gasteiger partial charge in [0.1, 0.15) is 0 Å². The number of likely N-dealkylation sites (N-methyl/N-ethyl adjacent to an activating group) is 1. The first-order valence-electron chi connectivity index (χ1n) is 8.95. The van der Waals surface area contributed by atoms with Crippen LogP contribution in [0.2, 0.25) is 0 Å². The first kappa shape index (κ1) is 16.1. The lowest BCUT2D eigenvalue weighted by molar-refractivity contribution is -0.117. The maximum absolute atomic E-state index is 12.6. The SMILES string of the molecule is Cc1ccc2c(c1)C[C@@H](CNC(=O)C1=Cc3ccccc3C1)N(C)C2. The molecule has 128 valence electrons. The van der Waals surface area contributed by atoms with Gasteiger partial charge in [-0.1, -0.05) is 48.0 Å². The van der Waals surface area contributed by atoms with Crippen LogP contribution < -0.4 is 5.32 Å². The number of aryl methyl sites for hydroxylation is 1. The van der Waals surface area contributed by atoms with Crippen LogP contribution >= 0.6 is 0 Å². The number of hydrogen-bond acceptors (Lipinski definition) is 2. The molecule has 2 aromatic carbocycles. The highest BCUT2D eigenvalue weighted by Crippen LogP contribution is 2.25. The number of carbonyl (C=O) groups excluding carboxylic acids is 1. The van der Waals surface area contributed by atoms with E-state index >= 15 is 0 Å². The van der Waals surface area contributed by atoms with E-state index in [0.717, 1.165) is 25.0 Å². The fraction of sp³-hybridized carbons (Fsp3) is 0.318. The van der Waals surface area contributed by atoms with Gasteiger partial charge in [0.05, 0.1) is 0 Å². The normalized spacial score (nSPS) is 19.1. The molecule has 2 aliphatic rings. The monoisotopic (exact) mass is 332 g/mol. The molecule has 4 rings (SSSR count). The van der Waals surface area contributed by atoms with Gasteiger partial charge in [0.15, 0.2) is 0 Å². The molecule has 0 saturated carbocycles. The minimum atomic E-state index is 0.0691. The van der Waals surface area contributed by atoms with Gasteiger partial charge in [-0.15, -0.1) is 0 Å². The van der Waals surface area contributed by atoms with E-state index in [1.807, 2.05) is 18.2 Å². The highest BCUT2D eigenvalue weighted by molar-refractivity contribution is 6.00. The zero-order chi connectivity index (χ0) is 17.4. The summed E-state index contributed by atoms with van der Waals surface area (Å²) >= 11 is 0. The fourth-order valence-corrected chi connectivity index (χ4v) is 3.88. The number of hydrogen-bond donors (Lipinski definition) is 1. The van der Waals surface area contributed by atoms with E-state index in [0.29, 0.717) is 12.6 Å². The maximum Gasteiger partial charge on any atom is 0.247 e. The molecule has 1 N–H and O–H groups in total. The quantitative estimate of drug-likeness (QED) is 0.937. The highest BCUT2D eigenvalue weighted by Gasteiger charge is 2.25. The number of carbonyl (C=O) groups is 1. The number of benzene rings is 2. The fourth-order valence-electron chi connectivity index (χ4n) is 3.88. The van der Waals surface area contributed by atoms with E-state index < -0.39 is 0 Å². The van der Waals surface area contributed by atoms with Crippen LogP contribution in [0.25, 0.3) is 6.08 Å². The Bertz CT molecular complexity index is 853. The van der Waals surface area contributed by atoms with Crippen LogP contribution in [0.15, 0.2) is 48.0 Å². The number of rotatable bonds is 3. The van der Waals surface area contributed by atoms with Crippen molar-refractivity contribution in [2.75, 3.05) is 13.6 Å². The lowest BCUT2D eigenvalue weighted by Crippen LogP contribution is -2.45. The first-order chi connectivity index (χ1) is 12.1. The van der Waals surface area contributed by atoms with Gasteiger partial charge >= 0.3 is 0 Å². The molecule has 0 unspecified atom stereocenters. The zero-order valence-electron chi connectivity index (χ0n) is 14.9. The molecule has 25 heavy (non-hydrogen) atoms. The predicted octanol–water partition coefficient (Wildman–Crippen LogP) is 3.11. The van der Waals surface area contributed by atoms with Crippen molar-refractivity contribution in [3.8, 4) is 0 Å². The molecule has 1 amide bonds. The summed E-state index contributed by atoms with van der Waals surface area (Å²) in [6, 6.07) is 15.3. The van der Waals surface area contributed by atoms with Crippen molar-refractivity contribution in [3.05, 3.63) is 75.9 Å². The van der Waals surface area contributed by atoms with Gasteiger partial charge in [0, 0.05) is 31.1 Å². The summed E-state index contributed by atoms with van der Waals surface area (Å²) in [7, 11) is 2.14. The van der Waals surface area contributed by atoms with E-state index in [9.17, 15) is 4.79 Å². The number of nitrogens with one attached hydrogen (secondary N) is 1. The molecular weight excluding hydrogens is 308 g/mol. The summed E-state index contributed by atoms with van der Waals surface area (Å²) in [4.78, 5) is 14.9. The van der Waals surface area contributed by atoms with Crippen LogP contribution in [0.5, 0.6) is 0 Å². The Kier molecular flexibility index (Phi) is 4.18. The second-order valence-corrected chi connectivity index (χ2v) is 7.30. The third kappa shape index (κ3) is 3.24. The summed E-state index contributed by atoms with van der Waals surface area (Å²) in [6.45, 7) is 3.78. The van der Waals surface area contributed by atoms with Crippen LogP contribution in [0, 0.1) is 6.92 Å². The van der Waals surface area contributed by atoms with Crippen LogP contribution in [-0.4, -0.2) is 30.4 Å². The number of fused-ring (bicyclic) bond motifs is 2. The lowest BCUT2D eigenvalue weighted by Gasteiger charge is -2.34. The Morgan fingerprint density at radius 2 is 2.00 bits per heavy atom. The number of nitrogens with zero attached hydrogens (tertiary/aromatic N) is 1. The topological polar surface area (TPSA) is 32.3 Å². The van der Waals surface area contributed by atoms with Crippen LogP contribution in [0.4, 0.5) is 0 Å². The van der Waals surface area contributed by atoms with Crippen molar-refractivity contribution in [3.63, 3.8) is 0 Å². The molecule has 0 saturated heterocycles.